The molecule has 0 saturated carbocycles. The first-order chi connectivity index (χ1) is 6.09. The number of hydrogen-bond donors (Lipinski definition) is 2. The number of hydrogen-bond acceptors (Lipinski definition) is 2. The summed E-state index contributed by atoms with van der Waals surface area (Å²) >= 11 is 0. The van der Waals surface area contributed by atoms with Crippen LogP contribution >= 0.6 is 0 Å². The van der Waals surface area contributed by atoms with Crippen molar-refractivity contribution in [3.63, 3.8) is 0 Å². The third-order valence-electron chi connectivity index (χ3n) is 2.27. The molecular weight excluding hydrogens is 168 g/mol. The van der Waals surface area contributed by atoms with E-state index in [0.717, 1.165) is 13.0 Å². The van der Waals surface area contributed by atoms with Gasteiger partial charge in [-0.15, -0.1) is 0 Å². The quantitative estimate of drug-likeness (QED) is 0.691. The number of carbonyl (C=O) groups is 1. The molecule has 0 aromatic carbocycles. The Morgan fingerprint density at radius 2 is 2.38 bits per heavy atom. The Bertz CT molecular complexity index is 182. The highest BCUT2D eigenvalue weighted by molar-refractivity contribution is 5.65. The maximum Gasteiger partial charge on any atom is 0.407 e. The third kappa shape index (κ3) is 3.22. The zero-order valence-corrected chi connectivity index (χ0v) is 8.29. The monoisotopic (exact) mass is 186 g/mol. The molecule has 0 spiro atoms. The van der Waals surface area contributed by atoms with E-state index in [1.807, 2.05) is 0 Å². The molecule has 1 amide bonds. The largest absolute Gasteiger partial charge is 0.465 e. The summed E-state index contributed by atoms with van der Waals surface area (Å²) in [5.41, 5.74) is 0. The highest BCUT2D eigenvalue weighted by Gasteiger charge is 2.25. The van der Waals surface area contributed by atoms with Gasteiger partial charge in [-0.2, -0.15) is 0 Å². The van der Waals surface area contributed by atoms with Crippen LogP contribution in [0.3, 0.4) is 0 Å². The molecule has 1 fully saturated rings. The minimum Gasteiger partial charge on any atom is -0.465 e. The molecule has 1 heterocycles. The normalized spacial score (nSPS) is 22.7. The molecule has 0 unspecified atom stereocenters. The van der Waals surface area contributed by atoms with Crippen LogP contribution in [0.2, 0.25) is 0 Å². The van der Waals surface area contributed by atoms with Gasteiger partial charge in [0.15, 0.2) is 0 Å². The first kappa shape index (κ1) is 10.3. The zero-order valence-electron chi connectivity index (χ0n) is 8.29. The van der Waals surface area contributed by atoms with Gasteiger partial charge in [-0.3, -0.25) is 0 Å². The summed E-state index contributed by atoms with van der Waals surface area (Å²) in [4.78, 5) is 12.1. The Morgan fingerprint density at radius 1 is 1.69 bits per heavy atom. The minimum atomic E-state index is -0.797. The summed E-state index contributed by atoms with van der Waals surface area (Å²) in [5, 5.41) is 12.1. The van der Waals surface area contributed by atoms with Crippen molar-refractivity contribution >= 4 is 6.09 Å². The third-order valence-corrected chi connectivity index (χ3v) is 2.27. The van der Waals surface area contributed by atoms with Crippen LogP contribution in [-0.2, 0) is 0 Å². The first-order valence-corrected chi connectivity index (χ1v) is 4.81. The average Bonchev–Trinajstić information content (AvgIpc) is 2.48. The lowest BCUT2D eigenvalue weighted by Crippen LogP contribution is -2.36. The van der Waals surface area contributed by atoms with Gasteiger partial charge in [0.25, 0.3) is 0 Å². The van der Waals surface area contributed by atoms with E-state index >= 15 is 0 Å². The minimum absolute atomic E-state index is 0.360. The van der Waals surface area contributed by atoms with E-state index < -0.39 is 6.09 Å². The molecule has 0 aromatic heterocycles. The second-order valence-electron chi connectivity index (χ2n) is 4.02. The molecule has 4 heteroatoms. The van der Waals surface area contributed by atoms with E-state index in [1.54, 1.807) is 0 Å². The van der Waals surface area contributed by atoms with Gasteiger partial charge in [0.1, 0.15) is 0 Å². The number of amides is 1. The lowest BCUT2D eigenvalue weighted by molar-refractivity contribution is 0.154. The van der Waals surface area contributed by atoms with E-state index in [2.05, 4.69) is 19.2 Å². The first-order valence-electron chi connectivity index (χ1n) is 4.81. The van der Waals surface area contributed by atoms with Crippen molar-refractivity contribution in [1.82, 2.24) is 10.2 Å². The second-order valence-corrected chi connectivity index (χ2v) is 4.02. The molecule has 2 N–H and O–H groups in total. The predicted octanol–water partition coefficient (Wildman–Crippen LogP) is 0.984. The van der Waals surface area contributed by atoms with Gasteiger partial charge in [-0.25, -0.2) is 4.79 Å². The molecular formula is C9H18N2O2. The Hall–Kier alpha value is -0.770. The fraction of sp³-hybridized carbons (Fsp3) is 0.889. The summed E-state index contributed by atoms with van der Waals surface area (Å²) in [5.74, 6) is 0.624. The van der Waals surface area contributed by atoms with Gasteiger partial charge in [0.2, 0.25) is 0 Å². The molecule has 76 valence electrons. The van der Waals surface area contributed by atoms with Crippen LogP contribution in [-0.4, -0.2) is 41.8 Å². The van der Waals surface area contributed by atoms with Crippen molar-refractivity contribution in [1.29, 1.82) is 0 Å². The highest BCUT2D eigenvalue weighted by Crippen LogP contribution is 2.09. The van der Waals surface area contributed by atoms with Crippen molar-refractivity contribution in [2.75, 3.05) is 19.6 Å². The molecule has 0 bridgehead atoms. The Kier molecular flexibility index (Phi) is 3.54. The number of nitrogens with one attached hydrogen (secondary N) is 1. The predicted molar refractivity (Wildman–Crippen MR) is 50.8 cm³/mol. The SMILES string of the molecule is CC(C)CN[C@H]1CCN(C(=O)O)C1. The number of nitrogens with zero attached hydrogens (tertiary/aromatic N) is 1. The van der Waals surface area contributed by atoms with Gasteiger partial charge in [-0.05, 0) is 18.9 Å². The molecule has 13 heavy (non-hydrogen) atoms. The molecule has 4 nitrogen and oxygen atoms in total. The molecule has 1 saturated heterocycles. The number of carboxylic acid groups (broad SMARTS) is 1. The van der Waals surface area contributed by atoms with Crippen LogP contribution in [0.15, 0.2) is 0 Å². The summed E-state index contributed by atoms with van der Waals surface area (Å²) in [6, 6.07) is 0.360. The summed E-state index contributed by atoms with van der Waals surface area (Å²) in [6.45, 7) is 6.58. The summed E-state index contributed by atoms with van der Waals surface area (Å²) < 4.78 is 0. The molecule has 0 radical (unpaired) electrons. The average molecular weight is 186 g/mol. The maximum atomic E-state index is 10.6. The van der Waals surface area contributed by atoms with Gasteiger partial charge >= 0.3 is 6.09 Å². The topological polar surface area (TPSA) is 52.6 Å². The Morgan fingerprint density at radius 3 is 2.85 bits per heavy atom. The van der Waals surface area contributed by atoms with E-state index in [9.17, 15) is 4.79 Å². The second kappa shape index (κ2) is 4.46. The van der Waals surface area contributed by atoms with Gasteiger partial charge in [-0.1, -0.05) is 13.8 Å². The van der Waals surface area contributed by atoms with E-state index in [1.165, 1.54) is 4.90 Å². The maximum absolute atomic E-state index is 10.6. The number of rotatable bonds is 3. The lowest BCUT2D eigenvalue weighted by atomic mass is 10.2. The van der Waals surface area contributed by atoms with Crippen LogP contribution in [0, 0.1) is 5.92 Å². The highest BCUT2D eigenvalue weighted by atomic mass is 16.4. The Labute approximate surface area is 78.9 Å². The van der Waals surface area contributed by atoms with E-state index in [4.69, 9.17) is 5.11 Å². The van der Waals surface area contributed by atoms with Crippen molar-refractivity contribution in [2.45, 2.75) is 26.3 Å². The van der Waals surface area contributed by atoms with Gasteiger partial charge < -0.3 is 15.3 Å². The van der Waals surface area contributed by atoms with Crippen LogP contribution in [0.1, 0.15) is 20.3 Å². The van der Waals surface area contributed by atoms with E-state index in [-0.39, 0.29) is 0 Å². The van der Waals surface area contributed by atoms with Crippen LogP contribution in [0.25, 0.3) is 0 Å². The van der Waals surface area contributed by atoms with Crippen molar-refractivity contribution < 1.29 is 9.90 Å². The molecule has 0 aliphatic carbocycles. The fourth-order valence-corrected chi connectivity index (χ4v) is 1.50. The van der Waals surface area contributed by atoms with Crippen molar-refractivity contribution in [2.24, 2.45) is 5.92 Å². The van der Waals surface area contributed by atoms with Crippen molar-refractivity contribution in [3.8, 4) is 0 Å². The number of likely N-dealkylation sites (tertiary alicyclic amines) is 1. The molecule has 0 aromatic rings. The van der Waals surface area contributed by atoms with Crippen LogP contribution in [0.5, 0.6) is 0 Å². The van der Waals surface area contributed by atoms with Crippen LogP contribution in [0.4, 0.5) is 4.79 Å². The molecule has 1 rings (SSSR count). The molecule has 1 aliphatic heterocycles. The lowest BCUT2D eigenvalue weighted by Gasteiger charge is -2.14. The molecule has 1 aliphatic rings. The fourth-order valence-electron chi connectivity index (χ4n) is 1.50. The summed E-state index contributed by atoms with van der Waals surface area (Å²) in [7, 11) is 0. The zero-order chi connectivity index (χ0) is 9.84. The van der Waals surface area contributed by atoms with Gasteiger partial charge in [0, 0.05) is 19.1 Å². The summed E-state index contributed by atoms with van der Waals surface area (Å²) in [6.07, 6.45) is 0.146. The van der Waals surface area contributed by atoms with Crippen LogP contribution < -0.4 is 5.32 Å². The smallest absolute Gasteiger partial charge is 0.407 e. The van der Waals surface area contributed by atoms with Crippen molar-refractivity contribution in [3.05, 3.63) is 0 Å². The van der Waals surface area contributed by atoms with E-state index in [0.29, 0.717) is 25.0 Å². The molecule has 1 atom stereocenters. The Balaban J connectivity index is 2.21. The van der Waals surface area contributed by atoms with Gasteiger partial charge in [0.05, 0.1) is 0 Å². The standard InChI is InChI=1S/C9H18N2O2/c1-7(2)5-10-8-3-4-11(6-8)9(12)13/h7-8,10H,3-6H2,1-2H3,(H,12,13)/t8-/m0/s1.